The van der Waals surface area contributed by atoms with Gasteiger partial charge in [-0.3, -0.25) is 0 Å². The molecule has 0 aromatic heterocycles. The van der Waals surface area contributed by atoms with Gasteiger partial charge in [0, 0.05) is 11.5 Å². The molecule has 0 aliphatic heterocycles. The van der Waals surface area contributed by atoms with Crippen LogP contribution in [-0.2, 0) is 0 Å². The first-order valence-electron chi connectivity index (χ1n) is 5.92. The third kappa shape index (κ3) is 2.67. The maximum Gasteiger partial charge on any atom is 0.0603 e. The Morgan fingerprint density at radius 3 is 2.39 bits per heavy atom. The molecule has 2 aromatic carbocycles. The van der Waals surface area contributed by atoms with Gasteiger partial charge in [-0.2, -0.15) is 0 Å². The minimum absolute atomic E-state index is 0.287. The third-order valence-corrected chi connectivity index (χ3v) is 3.73. The van der Waals surface area contributed by atoms with Crippen LogP contribution in [0.2, 0.25) is 0 Å². The molecule has 0 heterocycles. The second-order valence-electron chi connectivity index (χ2n) is 4.40. The standard InChI is InChI=1S/C15H17BrN2/c1-11(12-6-4-3-5-7-12)18(2)15-9-8-13(16)10-14(15)17/h3-11H,17H2,1-2H3. The lowest BCUT2D eigenvalue weighted by Gasteiger charge is -2.28. The molecule has 1 atom stereocenters. The van der Waals surface area contributed by atoms with Crippen molar-refractivity contribution >= 4 is 27.3 Å². The summed E-state index contributed by atoms with van der Waals surface area (Å²) in [5.41, 5.74) is 9.18. The Morgan fingerprint density at radius 1 is 1.11 bits per heavy atom. The second kappa shape index (κ2) is 5.44. The van der Waals surface area contributed by atoms with E-state index in [1.54, 1.807) is 0 Å². The zero-order valence-electron chi connectivity index (χ0n) is 10.6. The average Bonchev–Trinajstić information content (AvgIpc) is 2.38. The van der Waals surface area contributed by atoms with E-state index < -0.39 is 0 Å². The van der Waals surface area contributed by atoms with Crippen LogP contribution in [-0.4, -0.2) is 7.05 Å². The highest BCUT2D eigenvalue weighted by atomic mass is 79.9. The zero-order chi connectivity index (χ0) is 13.1. The molecule has 2 aromatic rings. The summed E-state index contributed by atoms with van der Waals surface area (Å²) in [6.07, 6.45) is 0. The van der Waals surface area contributed by atoms with Crippen LogP contribution in [0.15, 0.2) is 53.0 Å². The Kier molecular flexibility index (Phi) is 3.92. The zero-order valence-corrected chi connectivity index (χ0v) is 12.2. The second-order valence-corrected chi connectivity index (χ2v) is 5.32. The number of benzene rings is 2. The molecule has 0 amide bonds. The number of nitrogens with zero attached hydrogens (tertiary/aromatic N) is 1. The smallest absolute Gasteiger partial charge is 0.0603 e. The van der Waals surface area contributed by atoms with Crippen LogP contribution in [0.5, 0.6) is 0 Å². The molecule has 18 heavy (non-hydrogen) atoms. The van der Waals surface area contributed by atoms with E-state index >= 15 is 0 Å². The van der Waals surface area contributed by atoms with Gasteiger partial charge in [-0.1, -0.05) is 46.3 Å². The van der Waals surface area contributed by atoms with E-state index in [4.69, 9.17) is 5.73 Å². The molecule has 0 spiro atoms. The van der Waals surface area contributed by atoms with Gasteiger partial charge in [-0.05, 0) is 30.7 Å². The topological polar surface area (TPSA) is 29.3 Å². The van der Waals surface area contributed by atoms with E-state index in [9.17, 15) is 0 Å². The van der Waals surface area contributed by atoms with Crippen LogP contribution < -0.4 is 10.6 Å². The van der Waals surface area contributed by atoms with Crippen molar-refractivity contribution in [2.24, 2.45) is 0 Å². The van der Waals surface area contributed by atoms with Gasteiger partial charge in [0.15, 0.2) is 0 Å². The number of nitrogen functional groups attached to an aromatic ring is 1. The molecule has 2 N–H and O–H groups in total. The summed E-state index contributed by atoms with van der Waals surface area (Å²) in [4.78, 5) is 2.19. The molecule has 3 heteroatoms. The van der Waals surface area contributed by atoms with Gasteiger partial charge >= 0.3 is 0 Å². The maximum atomic E-state index is 6.07. The SMILES string of the molecule is CC(c1ccccc1)N(C)c1ccc(Br)cc1N. The minimum Gasteiger partial charge on any atom is -0.397 e. The van der Waals surface area contributed by atoms with Crippen LogP contribution in [0.3, 0.4) is 0 Å². The Hall–Kier alpha value is -1.48. The van der Waals surface area contributed by atoms with Gasteiger partial charge in [0.1, 0.15) is 0 Å². The first-order chi connectivity index (χ1) is 8.59. The van der Waals surface area contributed by atoms with Gasteiger partial charge in [0.25, 0.3) is 0 Å². The third-order valence-electron chi connectivity index (χ3n) is 3.23. The van der Waals surface area contributed by atoms with Gasteiger partial charge in [0.2, 0.25) is 0 Å². The van der Waals surface area contributed by atoms with Crippen molar-refractivity contribution in [3.63, 3.8) is 0 Å². The lowest BCUT2D eigenvalue weighted by Crippen LogP contribution is -2.22. The number of halogens is 1. The summed E-state index contributed by atoms with van der Waals surface area (Å²) < 4.78 is 1.00. The molecule has 2 rings (SSSR count). The van der Waals surface area contributed by atoms with Gasteiger partial charge < -0.3 is 10.6 Å². The maximum absolute atomic E-state index is 6.07. The fourth-order valence-corrected chi connectivity index (χ4v) is 2.39. The van der Waals surface area contributed by atoms with Crippen molar-refractivity contribution in [3.8, 4) is 0 Å². The van der Waals surface area contributed by atoms with Crippen molar-refractivity contribution in [1.82, 2.24) is 0 Å². The minimum atomic E-state index is 0.287. The Morgan fingerprint density at radius 2 is 1.78 bits per heavy atom. The summed E-state index contributed by atoms with van der Waals surface area (Å²) in [5, 5.41) is 0. The largest absolute Gasteiger partial charge is 0.397 e. The lowest BCUT2D eigenvalue weighted by molar-refractivity contribution is 0.741. The van der Waals surface area contributed by atoms with E-state index in [0.29, 0.717) is 0 Å². The van der Waals surface area contributed by atoms with Crippen molar-refractivity contribution in [1.29, 1.82) is 0 Å². The normalized spacial score (nSPS) is 12.2. The van der Waals surface area contributed by atoms with Crippen LogP contribution in [0.25, 0.3) is 0 Å². The van der Waals surface area contributed by atoms with Crippen LogP contribution in [0.4, 0.5) is 11.4 Å². The fraction of sp³-hybridized carbons (Fsp3) is 0.200. The highest BCUT2D eigenvalue weighted by molar-refractivity contribution is 9.10. The molecule has 0 fully saturated rings. The van der Waals surface area contributed by atoms with E-state index in [0.717, 1.165) is 15.8 Å². The molecule has 0 saturated carbocycles. The number of anilines is 2. The van der Waals surface area contributed by atoms with E-state index in [1.807, 2.05) is 24.3 Å². The number of nitrogens with two attached hydrogens (primary N) is 1. The Bertz CT molecular complexity index is 525. The molecule has 0 aliphatic carbocycles. The fourth-order valence-electron chi connectivity index (χ4n) is 2.01. The molecular weight excluding hydrogens is 288 g/mol. The molecule has 0 saturated heterocycles. The summed E-state index contributed by atoms with van der Waals surface area (Å²) in [7, 11) is 2.07. The van der Waals surface area contributed by atoms with Crippen molar-refractivity contribution in [2.45, 2.75) is 13.0 Å². The van der Waals surface area contributed by atoms with Gasteiger partial charge in [-0.15, -0.1) is 0 Å². The predicted molar refractivity (Wildman–Crippen MR) is 81.8 cm³/mol. The Balaban J connectivity index is 2.28. The van der Waals surface area contributed by atoms with Crippen molar-refractivity contribution in [2.75, 3.05) is 17.7 Å². The van der Waals surface area contributed by atoms with Crippen molar-refractivity contribution in [3.05, 3.63) is 58.6 Å². The van der Waals surface area contributed by atoms with E-state index in [1.165, 1.54) is 5.56 Å². The molecule has 0 radical (unpaired) electrons. The molecule has 0 aliphatic rings. The molecule has 0 bridgehead atoms. The molecule has 94 valence electrons. The molecular formula is C15H17BrN2. The predicted octanol–water partition coefficient (Wildman–Crippen LogP) is 4.23. The lowest BCUT2D eigenvalue weighted by atomic mass is 10.1. The number of hydrogen-bond acceptors (Lipinski definition) is 2. The summed E-state index contributed by atoms with van der Waals surface area (Å²) in [5.74, 6) is 0. The average molecular weight is 305 g/mol. The first-order valence-corrected chi connectivity index (χ1v) is 6.71. The molecule has 2 nitrogen and oxygen atoms in total. The highest BCUT2D eigenvalue weighted by Gasteiger charge is 2.14. The van der Waals surface area contributed by atoms with Crippen LogP contribution >= 0.6 is 15.9 Å². The van der Waals surface area contributed by atoms with Crippen LogP contribution in [0.1, 0.15) is 18.5 Å². The highest BCUT2D eigenvalue weighted by Crippen LogP contribution is 2.31. The van der Waals surface area contributed by atoms with E-state index in [2.05, 4.69) is 59.1 Å². The van der Waals surface area contributed by atoms with Crippen LogP contribution in [0, 0.1) is 0 Å². The number of rotatable bonds is 3. The molecule has 1 unspecified atom stereocenters. The van der Waals surface area contributed by atoms with Gasteiger partial charge in [-0.25, -0.2) is 0 Å². The Labute approximate surface area is 117 Å². The van der Waals surface area contributed by atoms with Crippen molar-refractivity contribution < 1.29 is 0 Å². The first kappa shape index (κ1) is 13.0. The summed E-state index contributed by atoms with van der Waals surface area (Å²) in [6.45, 7) is 2.18. The summed E-state index contributed by atoms with van der Waals surface area (Å²) in [6, 6.07) is 16.7. The monoisotopic (exact) mass is 304 g/mol. The quantitative estimate of drug-likeness (QED) is 0.860. The summed E-state index contributed by atoms with van der Waals surface area (Å²) >= 11 is 3.43. The van der Waals surface area contributed by atoms with E-state index in [-0.39, 0.29) is 6.04 Å². The number of hydrogen-bond donors (Lipinski definition) is 1. The van der Waals surface area contributed by atoms with Gasteiger partial charge in [0.05, 0.1) is 17.4 Å².